The molecule has 0 amide bonds. The fourth-order valence-electron chi connectivity index (χ4n) is 2.44. The highest BCUT2D eigenvalue weighted by molar-refractivity contribution is 6.01. The molecule has 1 aliphatic heterocycles. The molecule has 1 aliphatic rings. The Hall–Kier alpha value is -1.75. The third-order valence-corrected chi connectivity index (χ3v) is 3.42. The van der Waals surface area contributed by atoms with E-state index >= 15 is 0 Å². The van der Waals surface area contributed by atoms with Gasteiger partial charge in [-0.1, -0.05) is 13.8 Å². The Morgan fingerprint density at radius 3 is 2.29 bits per heavy atom. The second-order valence-electron chi connectivity index (χ2n) is 5.45. The van der Waals surface area contributed by atoms with Gasteiger partial charge in [0.05, 0.1) is 33.5 Å². The summed E-state index contributed by atoms with van der Waals surface area (Å²) in [5.74, 6) is 1.90. The van der Waals surface area contributed by atoms with Crippen LogP contribution in [0.25, 0.3) is 0 Å². The van der Waals surface area contributed by atoms with Crippen molar-refractivity contribution in [3.63, 3.8) is 0 Å². The number of hydrogen-bond donors (Lipinski definition) is 0. The maximum Gasteiger partial charge on any atom is 0.167 e. The van der Waals surface area contributed by atoms with Crippen LogP contribution in [0.3, 0.4) is 0 Å². The normalized spacial score (nSPS) is 16.8. The van der Waals surface area contributed by atoms with Crippen molar-refractivity contribution in [3.05, 3.63) is 17.2 Å². The molecule has 0 saturated carbocycles. The lowest BCUT2D eigenvalue weighted by molar-refractivity contribution is 0.0962. The van der Waals surface area contributed by atoms with Gasteiger partial charge in [-0.25, -0.2) is 0 Å². The molecule has 0 bridgehead atoms. The van der Waals surface area contributed by atoms with Crippen molar-refractivity contribution >= 4 is 5.78 Å². The van der Waals surface area contributed by atoms with Crippen LogP contribution in [0, 0.1) is 5.92 Å². The Bertz CT molecular complexity index is 532. The van der Waals surface area contributed by atoms with Gasteiger partial charge in [-0.05, 0) is 5.92 Å². The van der Waals surface area contributed by atoms with Gasteiger partial charge in [0.15, 0.2) is 17.3 Å². The third-order valence-electron chi connectivity index (χ3n) is 3.42. The number of ketones is 1. The topological polar surface area (TPSA) is 57.3 Å². The molecular weight excluding hydrogens is 272 g/mol. The van der Waals surface area contributed by atoms with E-state index in [4.69, 9.17) is 18.9 Å². The summed E-state index contributed by atoms with van der Waals surface area (Å²) < 4.78 is 21.6. The number of ether oxygens (including phenoxy) is 4. The minimum Gasteiger partial charge on any atom is -0.496 e. The first-order valence-corrected chi connectivity index (χ1v) is 7.01. The highest BCUT2D eigenvalue weighted by atomic mass is 16.6. The van der Waals surface area contributed by atoms with E-state index in [1.54, 1.807) is 27.4 Å². The summed E-state index contributed by atoms with van der Waals surface area (Å²) in [5.41, 5.74) is 1.28. The molecule has 116 valence electrons. The lowest BCUT2D eigenvalue weighted by atomic mass is 9.93. The molecule has 0 spiro atoms. The Morgan fingerprint density at radius 2 is 1.86 bits per heavy atom. The highest BCUT2D eigenvalue weighted by Crippen LogP contribution is 2.47. The van der Waals surface area contributed by atoms with Gasteiger partial charge >= 0.3 is 0 Å². The van der Waals surface area contributed by atoms with Crippen molar-refractivity contribution in [2.24, 2.45) is 5.92 Å². The number of methoxy groups -OCH3 is 3. The Morgan fingerprint density at radius 1 is 1.24 bits per heavy atom. The molecule has 1 fully saturated rings. The van der Waals surface area contributed by atoms with E-state index in [2.05, 4.69) is 0 Å². The van der Waals surface area contributed by atoms with Crippen LogP contribution < -0.4 is 14.2 Å². The summed E-state index contributed by atoms with van der Waals surface area (Å²) >= 11 is 0. The average molecular weight is 294 g/mol. The van der Waals surface area contributed by atoms with Gasteiger partial charge in [-0.2, -0.15) is 0 Å². The van der Waals surface area contributed by atoms with Gasteiger partial charge in [-0.15, -0.1) is 0 Å². The van der Waals surface area contributed by atoms with Gasteiger partial charge in [0, 0.05) is 18.1 Å². The zero-order valence-corrected chi connectivity index (χ0v) is 13.2. The molecule has 0 aromatic heterocycles. The van der Waals surface area contributed by atoms with Crippen molar-refractivity contribution in [1.82, 2.24) is 0 Å². The summed E-state index contributed by atoms with van der Waals surface area (Å²) in [6, 6.07) is 1.69. The quantitative estimate of drug-likeness (QED) is 0.571. The molecule has 1 aromatic carbocycles. The van der Waals surface area contributed by atoms with Crippen LogP contribution in [0.1, 0.15) is 42.3 Å². The van der Waals surface area contributed by atoms with Crippen molar-refractivity contribution in [2.45, 2.75) is 26.4 Å². The molecule has 1 atom stereocenters. The minimum absolute atomic E-state index is 0.0355. The van der Waals surface area contributed by atoms with Crippen molar-refractivity contribution in [1.29, 1.82) is 0 Å². The molecule has 1 heterocycles. The van der Waals surface area contributed by atoms with Gasteiger partial charge < -0.3 is 18.9 Å². The zero-order chi connectivity index (χ0) is 15.6. The van der Waals surface area contributed by atoms with Gasteiger partial charge in [0.2, 0.25) is 0 Å². The summed E-state index contributed by atoms with van der Waals surface area (Å²) in [7, 11) is 4.67. The number of hydrogen-bond acceptors (Lipinski definition) is 5. The second-order valence-corrected chi connectivity index (χ2v) is 5.45. The van der Waals surface area contributed by atoms with E-state index < -0.39 is 0 Å². The molecule has 1 unspecified atom stereocenters. The first kappa shape index (κ1) is 15.6. The van der Waals surface area contributed by atoms with E-state index in [1.807, 2.05) is 13.8 Å². The molecule has 1 saturated heterocycles. The van der Waals surface area contributed by atoms with Gasteiger partial charge in [-0.3, -0.25) is 4.79 Å². The van der Waals surface area contributed by atoms with E-state index in [-0.39, 0.29) is 17.8 Å². The minimum atomic E-state index is -0.130. The zero-order valence-electron chi connectivity index (χ0n) is 13.2. The lowest BCUT2D eigenvalue weighted by Crippen LogP contribution is -2.11. The number of carbonyl (C=O) groups is 1. The maximum atomic E-state index is 12.6. The maximum absolute atomic E-state index is 12.6. The van der Waals surface area contributed by atoms with Crippen LogP contribution in [-0.4, -0.2) is 33.7 Å². The van der Waals surface area contributed by atoms with Gasteiger partial charge in [0.25, 0.3) is 0 Å². The van der Waals surface area contributed by atoms with Crippen LogP contribution in [0.5, 0.6) is 17.2 Å². The fourth-order valence-corrected chi connectivity index (χ4v) is 2.44. The first-order valence-electron chi connectivity index (χ1n) is 7.01. The molecule has 0 radical (unpaired) electrons. The molecule has 5 nitrogen and oxygen atoms in total. The molecule has 21 heavy (non-hydrogen) atoms. The lowest BCUT2D eigenvalue weighted by Gasteiger charge is -2.19. The third kappa shape index (κ3) is 3.13. The monoisotopic (exact) mass is 294 g/mol. The Balaban J connectivity index is 2.62. The highest BCUT2D eigenvalue weighted by Gasteiger charge is 2.36. The van der Waals surface area contributed by atoms with Crippen molar-refractivity contribution < 1.29 is 23.7 Å². The van der Waals surface area contributed by atoms with Gasteiger partial charge in [0.1, 0.15) is 11.9 Å². The number of rotatable bonds is 7. The Labute approximate surface area is 125 Å². The molecule has 5 heteroatoms. The number of carbonyl (C=O) groups excluding carboxylic acids is 1. The molecule has 2 rings (SSSR count). The number of Topliss-reactive ketones (excluding diaryl/α,β-unsaturated/α-hetero) is 1. The summed E-state index contributed by atoms with van der Waals surface area (Å²) in [6.07, 6.45) is 0.320. The largest absolute Gasteiger partial charge is 0.496 e. The number of benzene rings is 1. The SMILES string of the molecule is COc1cc(OC)c(C(=O)CC(C)C)c(C2CO2)c1OC. The molecule has 0 aliphatic carbocycles. The summed E-state index contributed by atoms with van der Waals surface area (Å²) in [5, 5.41) is 0. The summed E-state index contributed by atoms with van der Waals surface area (Å²) in [4.78, 5) is 12.6. The van der Waals surface area contributed by atoms with E-state index in [1.165, 1.54) is 0 Å². The van der Waals surface area contributed by atoms with Crippen molar-refractivity contribution in [2.75, 3.05) is 27.9 Å². The average Bonchev–Trinajstić information content (AvgIpc) is 3.28. The van der Waals surface area contributed by atoms with Crippen LogP contribution in [0.15, 0.2) is 6.07 Å². The fraction of sp³-hybridized carbons (Fsp3) is 0.562. The van der Waals surface area contributed by atoms with Crippen molar-refractivity contribution in [3.8, 4) is 17.2 Å². The van der Waals surface area contributed by atoms with Crippen LogP contribution in [0.2, 0.25) is 0 Å². The van der Waals surface area contributed by atoms with E-state index in [0.717, 1.165) is 5.56 Å². The molecule has 0 N–H and O–H groups in total. The predicted molar refractivity (Wildman–Crippen MR) is 78.6 cm³/mol. The Kier molecular flexibility index (Phi) is 4.73. The standard InChI is InChI=1S/C16H22O5/c1-9(2)6-10(17)14-11(18-3)7-12(19-4)16(20-5)15(14)13-8-21-13/h7,9,13H,6,8H2,1-5H3. The second kappa shape index (κ2) is 6.35. The predicted octanol–water partition coefficient (Wildman–Crippen LogP) is 3.01. The van der Waals surface area contributed by atoms with E-state index in [0.29, 0.717) is 35.8 Å². The first-order chi connectivity index (χ1) is 10.0. The molecule has 1 aromatic rings. The van der Waals surface area contributed by atoms with Crippen LogP contribution >= 0.6 is 0 Å². The van der Waals surface area contributed by atoms with Crippen LogP contribution in [0.4, 0.5) is 0 Å². The van der Waals surface area contributed by atoms with E-state index in [9.17, 15) is 4.79 Å². The molecular formula is C16H22O5. The summed E-state index contributed by atoms with van der Waals surface area (Å²) in [6.45, 7) is 4.60. The number of epoxide rings is 1. The smallest absolute Gasteiger partial charge is 0.167 e. The van der Waals surface area contributed by atoms with Crippen LogP contribution in [-0.2, 0) is 4.74 Å².